The molecule has 2 unspecified atom stereocenters. The Morgan fingerprint density at radius 1 is 1.48 bits per heavy atom. The Bertz CT molecular complexity index is 566. The first kappa shape index (κ1) is 15.2. The van der Waals surface area contributed by atoms with Crippen molar-refractivity contribution in [2.75, 3.05) is 6.54 Å². The van der Waals surface area contributed by atoms with E-state index in [1.807, 2.05) is 13.8 Å². The number of carbonyl (C=O) groups excluding carboxylic acids is 1. The van der Waals surface area contributed by atoms with Crippen LogP contribution in [-0.2, 0) is 0 Å². The molecule has 2 aromatic heterocycles. The fourth-order valence-corrected chi connectivity index (χ4v) is 1.84. The summed E-state index contributed by atoms with van der Waals surface area (Å²) in [5, 5.41) is 12.6. The maximum atomic E-state index is 12.0. The second kappa shape index (κ2) is 6.99. The van der Waals surface area contributed by atoms with Crippen molar-refractivity contribution in [3.05, 3.63) is 42.6 Å². The van der Waals surface area contributed by atoms with E-state index in [2.05, 4.69) is 15.3 Å². The molecule has 2 heterocycles. The number of nitrogens with one attached hydrogen (secondary N) is 1. The highest BCUT2D eigenvalue weighted by molar-refractivity contribution is 5.93. The molecule has 0 aromatic carbocycles. The van der Waals surface area contributed by atoms with Crippen LogP contribution in [0.25, 0.3) is 5.82 Å². The Kier molecular flexibility index (Phi) is 5.05. The van der Waals surface area contributed by atoms with Crippen molar-refractivity contribution in [1.29, 1.82) is 0 Å². The van der Waals surface area contributed by atoms with Gasteiger partial charge in [-0.2, -0.15) is 0 Å². The Morgan fingerprint density at radius 2 is 2.29 bits per heavy atom. The van der Waals surface area contributed by atoms with Crippen molar-refractivity contribution in [3.8, 4) is 5.82 Å². The van der Waals surface area contributed by atoms with Gasteiger partial charge >= 0.3 is 0 Å². The standard InChI is InChI=1S/C15H20N4O2/c1-3-11(2)13(20)9-18-15(21)12-4-5-14(17-8-12)19-7-6-16-10-19/h4-8,10-11,13,20H,3,9H2,1-2H3,(H,18,21). The number of aliphatic hydroxyl groups is 1. The molecule has 2 aromatic rings. The summed E-state index contributed by atoms with van der Waals surface area (Å²) in [6.07, 6.45) is 6.95. The average molecular weight is 288 g/mol. The monoisotopic (exact) mass is 288 g/mol. The molecule has 1 amide bonds. The number of pyridine rings is 1. The number of carbonyl (C=O) groups is 1. The molecule has 2 rings (SSSR count). The molecule has 2 N–H and O–H groups in total. The maximum absolute atomic E-state index is 12.0. The van der Waals surface area contributed by atoms with E-state index in [0.29, 0.717) is 11.4 Å². The van der Waals surface area contributed by atoms with Crippen LogP contribution < -0.4 is 5.32 Å². The fourth-order valence-electron chi connectivity index (χ4n) is 1.84. The fraction of sp³-hybridized carbons (Fsp3) is 0.400. The summed E-state index contributed by atoms with van der Waals surface area (Å²) in [7, 11) is 0. The zero-order valence-electron chi connectivity index (χ0n) is 12.2. The predicted molar refractivity (Wildman–Crippen MR) is 79.2 cm³/mol. The van der Waals surface area contributed by atoms with Gasteiger partial charge in [0.1, 0.15) is 12.1 Å². The molecule has 6 heteroatoms. The summed E-state index contributed by atoms with van der Waals surface area (Å²) >= 11 is 0. The summed E-state index contributed by atoms with van der Waals surface area (Å²) in [6, 6.07) is 3.45. The minimum atomic E-state index is -0.530. The third-order valence-corrected chi connectivity index (χ3v) is 3.55. The minimum Gasteiger partial charge on any atom is -0.391 e. The van der Waals surface area contributed by atoms with Gasteiger partial charge in [0, 0.05) is 25.1 Å². The Morgan fingerprint density at radius 3 is 2.86 bits per heavy atom. The van der Waals surface area contributed by atoms with Gasteiger partial charge in [-0.05, 0) is 18.1 Å². The number of nitrogens with zero attached hydrogens (tertiary/aromatic N) is 3. The lowest BCUT2D eigenvalue weighted by Crippen LogP contribution is -2.35. The van der Waals surface area contributed by atoms with E-state index in [9.17, 15) is 9.90 Å². The lowest BCUT2D eigenvalue weighted by molar-refractivity contribution is 0.0850. The molecule has 112 valence electrons. The largest absolute Gasteiger partial charge is 0.391 e. The molecule has 0 aliphatic heterocycles. The smallest absolute Gasteiger partial charge is 0.252 e. The van der Waals surface area contributed by atoms with Gasteiger partial charge in [0.25, 0.3) is 5.91 Å². The van der Waals surface area contributed by atoms with Crippen molar-refractivity contribution < 1.29 is 9.90 Å². The number of rotatable bonds is 6. The summed E-state index contributed by atoms with van der Waals surface area (Å²) in [5.74, 6) is 0.623. The van der Waals surface area contributed by atoms with Crippen LogP contribution in [0, 0.1) is 5.92 Å². The van der Waals surface area contributed by atoms with Gasteiger partial charge < -0.3 is 10.4 Å². The van der Waals surface area contributed by atoms with Crippen LogP contribution in [0.5, 0.6) is 0 Å². The molecule has 2 atom stereocenters. The minimum absolute atomic E-state index is 0.159. The van der Waals surface area contributed by atoms with Crippen LogP contribution in [-0.4, -0.2) is 38.2 Å². The SMILES string of the molecule is CCC(C)C(O)CNC(=O)c1ccc(-n2ccnc2)nc1. The highest BCUT2D eigenvalue weighted by atomic mass is 16.3. The molecule has 0 saturated carbocycles. The zero-order valence-corrected chi connectivity index (χ0v) is 12.2. The van der Waals surface area contributed by atoms with E-state index in [1.54, 1.807) is 35.4 Å². The van der Waals surface area contributed by atoms with Crippen molar-refractivity contribution in [2.45, 2.75) is 26.4 Å². The summed E-state index contributed by atoms with van der Waals surface area (Å²) in [6.45, 7) is 4.21. The summed E-state index contributed by atoms with van der Waals surface area (Å²) < 4.78 is 1.76. The maximum Gasteiger partial charge on any atom is 0.252 e. The molecule has 21 heavy (non-hydrogen) atoms. The molecule has 0 radical (unpaired) electrons. The molecule has 0 bridgehead atoms. The van der Waals surface area contributed by atoms with Gasteiger partial charge in [-0.1, -0.05) is 20.3 Å². The topological polar surface area (TPSA) is 80.0 Å². The molecule has 6 nitrogen and oxygen atoms in total. The van der Waals surface area contributed by atoms with E-state index in [-0.39, 0.29) is 18.4 Å². The van der Waals surface area contributed by atoms with Gasteiger partial charge in [0.05, 0.1) is 11.7 Å². The van der Waals surface area contributed by atoms with Gasteiger partial charge in [-0.15, -0.1) is 0 Å². The van der Waals surface area contributed by atoms with Crippen molar-refractivity contribution in [1.82, 2.24) is 19.9 Å². The lowest BCUT2D eigenvalue weighted by atomic mass is 10.0. The first-order valence-electron chi connectivity index (χ1n) is 7.02. The second-order valence-corrected chi connectivity index (χ2v) is 5.04. The van der Waals surface area contributed by atoms with Crippen LogP contribution in [0.3, 0.4) is 0 Å². The number of imidazole rings is 1. The van der Waals surface area contributed by atoms with Crippen LogP contribution in [0.2, 0.25) is 0 Å². The Labute approximate surface area is 123 Å². The van der Waals surface area contributed by atoms with Gasteiger partial charge in [-0.3, -0.25) is 9.36 Å². The highest BCUT2D eigenvalue weighted by Gasteiger charge is 2.14. The Hall–Kier alpha value is -2.21. The van der Waals surface area contributed by atoms with Crippen molar-refractivity contribution in [2.24, 2.45) is 5.92 Å². The number of aliphatic hydroxyl groups excluding tert-OH is 1. The van der Waals surface area contributed by atoms with Crippen LogP contribution in [0.4, 0.5) is 0 Å². The highest BCUT2D eigenvalue weighted by Crippen LogP contribution is 2.08. The number of hydrogen-bond donors (Lipinski definition) is 2. The third-order valence-electron chi connectivity index (χ3n) is 3.55. The third kappa shape index (κ3) is 3.88. The molecular formula is C15H20N4O2. The zero-order chi connectivity index (χ0) is 15.2. The number of amides is 1. The molecule has 0 aliphatic carbocycles. The van der Waals surface area contributed by atoms with E-state index in [1.165, 1.54) is 6.20 Å². The summed E-state index contributed by atoms with van der Waals surface area (Å²) in [4.78, 5) is 20.1. The Balaban J connectivity index is 1.94. The van der Waals surface area contributed by atoms with Gasteiger partial charge in [-0.25, -0.2) is 9.97 Å². The van der Waals surface area contributed by atoms with Crippen LogP contribution in [0.1, 0.15) is 30.6 Å². The molecule has 0 saturated heterocycles. The normalized spacial score (nSPS) is 13.7. The van der Waals surface area contributed by atoms with Crippen LogP contribution >= 0.6 is 0 Å². The van der Waals surface area contributed by atoms with Gasteiger partial charge in [0.15, 0.2) is 0 Å². The van der Waals surface area contributed by atoms with Gasteiger partial charge in [0.2, 0.25) is 0 Å². The van der Waals surface area contributed by atoms with E-state index in [4.69, 9.17) is 0 Å². The number of hydrogen-bond acceptors (Lipinski definition) is 4. The quantitative estimate of drug-likeness (QED) is 0.842. The van der Waals surface area contributed by atoms with E-state index >= 15 is 0 Å². The van der Waals surface area contributed by atoms with Crippen molar-refractivity contribution >= 4 is 5.91 Å². The first-order valence-corrected chi connectivity index (χ1v) is 7.02. The molecule has 0 fully saturated rings. The second-order valence-electron chi connectivity index (χ2n) is 5.04. The number of aromatic nitrogens is 3. The predicted octanol–water partition coefficient (Wildman–Crippen LogP) is 1.40. The molecule has 0 spiro atoms. The molecular weight excluding hydrogens is 268 g/mol. The molecule has 0 aliphatic rings. The first-order chi connectivity index (χ1) is 10.1. The average Bonchev–Trinajstić information content (AvgIpc) is 3.06. The van der Waals surface area contributed by atoms with Crippen molar-refractivity contribution in [3.63, 3.8) is 0 Å². The van der Waals surface area contributed by atoms with Crippen LogP contribution in [0.15, 0.2) is 37.1 Å². The summed E-state index contributed by atoms with van der Waals surface area (Å²) in [5.41, 5.74) is 0.468. The van der Waals surface area contributed by atoms with E-state index in [0.717, 1.165) is 6.42 Å². The lowest BCUT2D eigenvalue weighted by Gasteiger charge is -2.17. The van der Waals surface area contributed by atoms with E-state index < -0.39 is 6.10 Å².